The summed E-state index contributed by atoms with van der Waals surface area (Å²) in [6.07, 6.45) is 1.74. The Hall–Kier alpha value is -3.93. The fourth-order valence-electron chi connectivity index (χ4n) is 3.02. The Kier molecular flexibility index (Phi) is 11.0. The number of carbonyl (C=O) groups is 2. The summed E-state index contributed by atoms with van der Waals surface area (Å²) in [4.78, 5) is 30.3. The maximum atomic E-state index is 11.9. The lowest BCUT2D eigenvalue weighted by molar-refractivity contribution is 0.0517. The number of aliphatic imine (C=N–C) groups is 1. The predicted octanol–water partition coefficient (Wildman–Crippen LogP) is 6.43. The lowest BCUT2D eigenvalue weighted by Gasteiger charge is -2.20. The van der Waals surface area contributed by atoms with Crippen LogP contribution in [0.25, 0.3) is 0 Å². The largest absolute Gasteiger partial charge is 0.462 e. The smallest absolute Gasteiger partial charge is 0.338 e. The van der Waals surface area contributed by atoms with Crippen LogP contribution in [0.3, 0.4) is 0 Å². The van der Waals surface area contributed by atoms with Gasteiger partial charge in [0.25, 0.3) is 0 Å². The third-order valence-corrected chi connectivity index (χ3v) is 4.63. The summed E-state index contributed by atoms with van der Waals surface area (Å²) in [5, 5.41) is 0. The molecule has 0 spiro atoms. The molecule has 0 aliphatic rings. The van der Waals surface area contributed by atoms with Crippen LogP contribution in [0.4, 0.5) is 11.4 Å². The highest BCUT2D eigenvalue weighted by Gasteiger charge is 2.10. The second-order valence-electron chi connectivity index (χ2n) is 6.89. The molecule has 0 amide bonds. The normalized spacial score (nSPS) is 10.2. The lowest BCUT2D eigenvalue weighted by Crippen LogP contribution is -2.20. The van der Waals surface area contributed by atoms with Gasteiger partial charge in [0.2, 0.25) is 0 Å². The lowest BCUT2D eigenvalue weighted by atomic mass is 10.1. The standard InChI is InChI=1S/C26H26N2O4.C2H6/c1-3-31-25(29)21-10-14-23(15-11-21)27-19-28(18-20-8-6-5-7-9-20)24-16-12-22(13-17-24)26(30)32-4-2;1-2/h5-17,19H,3-4,18H2,1-2H3;1-2H3. The van der Waals surface area contributed by atoms with E-state index in [-0.39, 0.29) is 11.9 Å². The highest BCUT2D eigenvalue weighted by Crippen LogP contribution is 2.19. The van der Waals surface area contributed by atoms with Gasteiger partial charge >= 0.3 is 11.9 Å². The maximum Gasteiger partial charge on any atom is 0.338 e. The van der Waals surface area contributed by atoms with Crippen molar-refractivity contribution in [1.29, 1.82) is 0 Å². The number of anilines is 1. The molecule has 0 atom stereocenters. The first-order valence-corrected chi connectivity index (χ1v) is 11.5. The van der Waals surface area contributed by atoms with Gasteiger partial charge in [-0.05, 0) is 67.9 Å². The molecule has 3 aromatic carbocycles. The average molecular weight is 461 g/mol. The summed E-state index contributed by atoms with van der Waals surface area (Å²) in [6.45, 7) is 8.83. The minimum Gasteiger partial charge on any atom is -0.462 e. The number of nitrogens with zero attached hydrogens (tertiary/aromatic N) is 2. The number of hydrogen-bond donors (Lipinski definition) is 0. The molecule has 6 nitrogen and oxygen atoms in total. The number of esters is 2. The van der Waals surface area contributed by atoms with Crippen LogP contribution in [0.1, 0.15) is 54.0 Å². The van der Waals surface area contributed by atoms with Crippen LogP contribution in [-0.4, -0.2) is 31.5 Å². The first-order chi connectivity index (χ1) is 16.6. The van der Waals surface area contributed by atoms with E-state index in [4.69, 9.17) is 9.47 Å². The van der Waals surface area contributed by atoms with E-state index in [2.05, 4.69) is 4.99 Å². The van der Waals surface area contributed by atoms with Crippen LogP contribution >= 0.6 is 0 Å². The Morgan fingerprint density at radius 1 is 0.765 bits per heavy atom. The Balaban J connectivity index is 0.00000199. The molecule has 0 heterocycles. The van der Waals surface area contributed by atoms with Gasteiger partial charge in [-0.3, -0.25) is 0 Å². The average Bonchev–Trinajstić information content (AvgIpc) is 2.89. The third-order valence-electron chi connectivity index (χ3n) is 4.63. The number of carbonyl (C=O) groups excluding carboxylic acids is 2. The maximum absolute atomic E-state index is 11.9. The summed E-state index contributed by atoms with van der Waals surface area (Å²) in [6, 6.07) is 24.2. The molecule has 0 bridgehead atoms. The van der Waals surface area contributed by atoms with Crippen LogP contribution in [0.15, 0.2) is 83.9 Å². The zero-order valence-electron chi connectivity index (χ0n) is 20.2. The molecule has 3 rings (SSSR count). The second kappa shape index (κ2) is 14.3. The number of benzene rings is 3. The minimum absolute atomic E-state index is 0.335. The third kappa shape index (κ3) is 7.89. The van der Waals surface area contributed by atoms with Crippen molar-refractivity contribution in [3.63, 3.8) is 0 Å². The van der Waals surface area contributed by atoms with Crippen molar-refractivity contribution in [3.8, 4) is 0 Å². The SMILES string of the molecule is CC.CCOC(=O)c1ccc(N=CN(Cc2ccccc2)c2ccc(C(=O)OCC)cc2)cc1. The Bertz CT molecular complexity index is 1050. The van der Waals surface area contributed by atoms with E-state index < -0.39 is 0 Å². The van der Waals surface area contributed by atoms with Gasteiger partial charge in [-0.2, -0.15) is 0 Å². The van der Waals surface area contributed by atoms with Crippen molar-refractivity contribution in [1.82, 2.24) is 0 Å². The molecule has 0 saturated heterocycles. The van der Waals surface area contributed by atoms with E-state index in [1.165, 1.54) is 0 Å². The molecule has 6 heteroatoms. The molecule has 0 N–H and O–H groups in total. The number of hydrogen-bond acceptors (Lipinski definition) is 5. The Morgan fingerprint density at radius 3 is 1.76 bits per heavy atom. The molecular weight excluding hydrogens is 428 g/mol. The van der Waals surface area contributed by atoms with Crippen LogP contribution in [0.5, 0.6) is 0 Å². The molecule has 178 valence electrons. The van der Waals surface area contributed by atoms with E-state index in [0.29, 0.717) is 36.6 Å². The Labute approximate surface area is 201 Å². The summed E-state index contributed by atoms with van der Waals surface area (Å²) in [5.41, 5.74) is 3.70. The number of rotatable bonds is 9. The van der Waals surface area contributed by atoms with Crippen molar-refractivity contribution >= 4 is 29.7 Å². The van der Waals surface area contributed by atoms with Crippen molar-refractivity contribution in [3.05, 3.63) is 95.6 Å². The predicted molar refractivity (Wildman–Crippen MR) is 137 cm³/mol. The van der Waals surface area contributed by atoms with Crippen LogP contribution < -0.4 is 4.90 Å². The first-order valence-electron chi connectivity index (χ1n) is 11.5. The fourth-order valence-corrected chi connectivity index (χ4v) is 3.02. The van der Waals surface area contributed by atoms with E-state index >= 15 is 0 Å². The van der Waals surface area contributed by atoms with Crippen LogP contribution in [-0.2, 0) is 16.0 Å². The number of ether oxygens (including phenoxy) is 2. The van der Waals surface area contributed by atoms with Gasteiger partial charge in [-0.25, -0.2) is 14.6 Å². The molecule has 0 radical (unpaired) electrons. The van der Waals surface area contributed by atoms with Crippen molar-refractivity contribution in [2.24, 2.45) is 4.99 Å². The molecule has 3 aromatic rings. The van der Waals surface area contributed by atoms with Gasteiger partial charge < -0.3 is 14.4 Å². The molecule has 0 aliphatic heterocycles. The fraction of sp³-hybridized carbons (Fsp3) is 0.250. The zero-order chi connectivity index (χ0) is 24.8. The van der Waals surface area contributed by atoms with Crippen molar-refractivity contribution in [2.45, 2.75) is 34.2 Å². The molecular formula is C28H32N2O4. The van der Waals surface area contributed by atoms with Gasteiger partial charge in [0.15, 0.2) is 0 Å². The van der Waals surface area contributed by atoms with Gasteiger partial charge in [0.1, 0.15) is 0 Å². The van der Waals surface area contributed by atoms with Gasteiger partial charge in [-0.1, -0.05) is 44.2 Å². The highest BCUT2D eigenvalue weighted by atomic mass is 16.5. The molecule has 0 fully saturated rings. The molecule has 0 unspecified atom stereocenters. The van der Waals surface area contributed by atoms with Gasteiger partial charge in [-0.15, -0.1) is 0 Å². The van der Waals surface area contributed by atoms with Gasteiger partial charge in [0, 0.05) is 12.2 Å². The summed E-state index contributed by atoms with van der Waals surface area (Å²) < 4.78 is 10.1. The molecule has 0 aliphatic carbocycles. The quantitative estimate of drug-likeness (QED) is 0.209. The molecule has 0 saturated carbocycles. The van der Waals surface area contributed by atoms with Crippen molar-refractivity contribution in [2.75, 3.05) is 18.1 Å². The monoisotopic (exact) mass is 460 g/mol. The van der Waals surface area contributed by atoms with E-state index in [9.17, 15) is 9.59 Å². The summed E-state index contributed by atoms with van der Waals surface area (Å²) in [7, 11) is 0. The van der Waals surface area contributed by atoms with Crippen molar-refractivity contribution < 1.29 is 19.1 Å². The van der Waals surface area contributed by atoms with Crippen LogP contribution in [0, 0.1) is 0 Å². The second-order valence-corrected chi connectivity index (χ2v) is 6.89. The topological polar surface area (TPSA) is 68.2 Å². The summed E-state index contributed by atoms with van der Waals surface area (Å²) >= 11 is 0. The van der Waals surface area contributed by atoms with Crippen LogP contribution in [0.2, 0.25) is 0 Å². The van der Waals surface area contributed by atoms with Gasteiger partial charge in [0.05, 0.1) is 36.4 Å². The van der Waals surface area contributed by atoms with E-state index in [1.54, 1.807) is 56.6 Å². The first kappa shape index (κ1) is 26.3. The van der Waals surface area contributed by atoms with E-state index in [1.807, 2.05) is 61.2 Å². The van der Waals surface area contributed by atoms with E-state index in [0.717, 1.165) is 11.3 Å². The Morgan fingerprint density at radius 2 is 1.26 bits per heavy atom. The molecule has 34 heavy (non-hydrogen) atoms. The zero-order valence-corrected chi connectivity index (χ0v) is 20.2. The highest BCUT2D eigenvalue weighted by molar-refractivity contribution is 5.91. The minimum atomic E-state index is -0.351. The molecule has 0 aromatic heterocycles. The summed E-state index contributed by atoms with van der Waals surface area (Å²) in [5.74, 6) is -0.695.